The van der Waals surface area contributed by atoms with E-state index in [4.69, 9.17) is 37.4 Å². The molecule has 2 aliphatic rings. The number of ether oxygens (including phenoxy) is 3. The number of hydrogen-bond donors (Lipinski definition) is 0. The molecule has 0 bridgehead atoms. The van der Waals surface area contributed by atoms with E-state index in [1.807, 2.05) is 0 Å². The minimum Gasteiger partial charge on any atom is -0.458 e. The van der Waals surface area contributed by atoms with Crippen molar-refractivity contribution in [2.24, 2.45) is 5.92 Å². The molecular weight excluding hydrogens is 379 g/mol. The summed E-state index contributed by atoms with van der Waals surface area (Å²) in [6.45, 7) is 2.02. The van der Waals surface area contributed by atoms with Crippen molar-refractivity contribution in [3.05, 3.63) is 33.8 Å². The Hall–Kier alpha value is -1.30. The number of halogens is 2. The van der Waals surface area contributed by atoms with Gasteiger partial charge in [-0.25, -0.2) is 4.79 Å². The molecule has 7 heteroatoms. The van der Waals surface area contributed by atoms with Crippen molar-refractivity contribution in [1.29, 1.82) is 0 Å². The van der Waals surface area contributed by atoms with Gasteiger partial charge in [0.15, 0.2) is 5.60 Å². The van der Waals surface area contributed by atoms with Crippen molar-refractivity contribution in [2.45, 2.75) is 56.8 Å². The van der Waals surface area contributed by atoms with Gasteiger partial charge in [0.05, 0.1) is 16.7 Å². The molecule has 1 aromatic carbocycles. The first-order valence-electron chi connectivity index (χ1n) is 8.82. The Balaban J connectivity index is 1.67. The highest BCUT2D eigenvalue weighted by molar-refractivity contribution is 6.36. The molecule has 0 unspecified atom stereocenters. The van der Waals surface area contributed by atoms with Gasteiger partial charge in [0.2, 0.25) is 0 Å². The maximum Gasteiger partial charge on any atom is 0.339 e. The lowest BCUT2D eigenvalue weighted by Crippen LogP contribution is -2.46. The summed E-state index contributed by atoms with van der Waals surface area (Å²) in [6.07, 6.45) is 5.21. The third-order valence-electron chi connectivity index (χ3n) is 5.33. The lowest BCUT2D eigenvalue weighted by molar-refractivity contribution is -0.168. The number of carbonyl (C=O) groups is 2. The molecule has 3 rings (SSSR count). The molecule has 0 N–H and O–H groups in total. The van der Waals surface area contributed by atoms with Crippen molar-refractivity contribution in [1.82, 2.24) is 0 Å². The van der Waals surface area contributed by atoms with Crippen LogP contribution in [0, 0.1) is 5.92 Å². The van der Waals surface area contributed by atoms with Crippen molar-refractivity contribution < 1.29 is 23.8 Å². The highest BCUT2D eigenvalue weighted by Gasteiger charge is 2.48. The van der Waals surface area contributed by atoms with Crippen LogP contribution >= 0.6 is 23.2 Å². The molecule has 0 radical (unpaired) electrons. The average molecular weight is 401 g/mol. The van der Waals surface area contributed by atoms with Gasteiger partial charge in [-0.2, -0.15) is 0 Å². The summed E-state index contributed by atoms with van der Waals surface area (Å²) in [4.78, 5) is 23.4. The van der Waals surface area contributed by atoms with Gasteiger partial charge in [-0.05, 0) is 50.3 Å². The molecule has 1 aliphatic heterocycles. The summed E-state index contributed by atoms with van der Waals surface area (Å²) < 4.78 is 16.9. The van der Waals surface area contributed by atoms with Gasteiger partial charge < -0.3 is 14.2 Å². The average Bonchev–Trinajstić information content (AvgIpc) is 3.05. The summed E-state index contributed by atoms with van der Waals surface area (Å²) >= 11 is 11.9. The Morgan fingerprint density at radius 2 is 2.12 bits per heavy atom. The summed E-state index contributed by atoms with van der Waals surface area (Å²) in [5, 5.41) is 0.645. The molecule has 0 spiro atoms. The first kappa shape index (κ1) is 19.5. The van der Waals surface area contributed by atoms with Crippen LogP contribution in [0.2, 0.25) is 10.0 Å². The fourth-order valence-electron chi connectivity index (χ4n) is 3.81. The van der Waals surface area contributed by atoms with Gasteiger partial charge in [-0.15, -0.1) is 0 Å². The lowest BCUT2D eigenvalue weighted by atomic mass is 9.83. The molecule has 142 valence electrons. The maximum absolute atomic E-state index is 12.4. The van der Waals surface area contributed by atoms with Gasteiger partial charge in [0.1, 0.15) is 12.7 Å². The molecule has 1 saturated carbocycles. The Labute approximate surface area is 162 Å². The summed E-state index contributed by atoms with van der Waals surface area (Å²) in [5.74, 6) is -0.118. The third kappa shape index (κ3) is 4.16. The smallest absolute Gasteiger partial charge is 0.339 e. The molecule has 1 saturated heterocycles. The molecule has 0 aromatic heterocycles. The Kier molecular flexibility index (Phi) is 6.10. The predicted octanol–water partition coefficient (Wildman–Crippen LogP) is 4.43. The number of benzene rings is 1. The van der Waals surface area contributed by atoms with Crippen LogP contribution in [0.25, 0.3) is 0 Å². The number of carbonyl (C=O) groups excluding carboxylic acids is 2. The molecule has 5 nitrogen and oxygen atoms in total. The first-order valence-corrected chi connectivity index (χ1v) is 9.57. The fraction of sp³-hybridized carbons (Fsp3) is 0.579. The fourth-order valence-corrected chi connectivity index (χ4v) is 4.30. The second kappa shape index (κ2) is 8.15. The van der Waals surface area contributed by atoms with E-state index in [2.05, 4.69) is 0 Å². The van der Waals surface area contributed by atoms with Crippen LogP contribution in [-0.4, -0.2) is 36.9 Å². The van der Waals surface area contributed by atoms with Crippen molar-refractivity contribution in [3.63, 3.8) is 0 Å². The van der Waals surface area contributed by atoms with Crippen LogP contribution in [-0.2, 0) is 19.0 Å². The summed E-state index contributed by atoms with van der Waals surface area (Å²) in [5.41, 5.74) is -0.821. The van der Waals surface area contributed by atoms with Crippen LogP contribution in [0.1, 0.15) is 49.4 Å². The monoisotopic (exact) mass is 400 g/mol. The van der Waals surface area contributed by atoms with Gasteiger partial charge in [-0.1, -0.05) is 36.0 Å². The zero-order chi connectivity index (χ0) is 18.7. The number of fused-ring (bicyclic) bond motifs is 1. The van der Waals surface area contributed by atoms with Crippen molar-refractivity contribution >= 4 is 35.6 Å². The maximum atomic E-state index is 12.4. The van der Waals surface area contributed by atoms with E-state index in [1.54, 1.807) is 13.0 Å². The summed E-state index contributed by atoms with van der Waals surface area (Å²) in [7, 11) is 0. The first-order chi connectivity index (χ1) is 12.4. The second-order valence-electron chi connectivity index (χ2n) is 7.17. The van der Waals surface area contributed by atoms with Gasteiger partial charge in [0.25, 0.3) is 6.47 Å². The molecule has 4 atom stereocenters. The van der Waals surface area contributed by atoms with E-state index in [-0.39, 0.29) is 29.4 Å². The molecule has 2 fully saturated rings. The predicted molar refractivity (Wildman–Crippen MR) is 97.5 cm³/mol. The van der Waals surface area contributed by atoms with E-state index in [0.29, 0.717) is 17.4 Å². The SMILES string of the molecule is C[C@](COC(=O)c1ccc(Cl)cc1Cl)(OC=O)[C@@H]1C[C@@H]2CCCC[C@H]2O1. The Bertz CT molecular complexity index is 666. The molecule has 1 heterocycles. The third-order valence-corrected chi connectivity index (χ3v) is 5.88. The van der Waals surface area contributed by atoms with Gasteiger partial charge in [0, 0.05) is 5.02 Å². The largest absolute Gasteiger partial charge is 0.458 e. The summed E-state index contributed by atoms with van der Waals surface area (Å²) in [6, 6.07) is 4.55. The number of hydrogen-bond acceptors (Lipinski definition) is 5. The van der Waals surface area contributed by atoms with Gasteiger partial charge >= 0.3 is 5.97 Å². The molecule has 1 aliphatic carbocycles. The quantitative estimate of drug-likeness (QED) is 0.521. The van der Waals surface area contributed by atoms with Crippen molar-refractivity contribution in [2.75, 3.05) is 6.61 Å². The number of esters is 1. The highest BCUT2D eigenvalue weighted by Crippen LogP contribution is 2.41. The molecule has 1 aromatic rings. The number of rotatable bonds is 6. The van der Waals surface area contributed by atoms with Crippen LogP contribution in [0.15, 0.2) is 18.2 Å². The zero-order valence-corrected chi connectivity index (χ0v) is 16.1. The van der Waals surface area contributed by atoms with E-state index in [1.165, 1.54) is 18.6 Å². The van der Waals surface area contributed by atoms with Crippen LogP contribution in [0.3, 0.4) is 0 Å². The standard InChI is InChI=1S/C19H22Cl2O5/c1-19(25-11-22,17-8-12-4-2-3-5-16(12)26-17)10-24-18(23)14-7-6-13(20)9-15(14)21/h6-7,9,11-12,16-17H,2-5,8,10H2,1H3/t12-,16+,17-,19+/m0/s1. The Morgan fingerprint density at radius 3 is 2.81 bits per heavy atom. The zero-order valence-electron chi connectivity index (χ0n) is 14.6. The molecule has 26 heavy (non-hydrogen) atoms. The second-order valence-corrected chi connectivity index (χ2v) is 8.01. The van der Waals surface area contributed by atoms with E-state index < -0.39 is 11.6 Å². The van der Waals surface area contributed by atoms with Crippen LogP contribution in [0.5, 0.6) is 0 Å². The van der Waals surface area contributed by atoms with Gasteiger partial charge in [-0.3, -0.25) is 4.79 Å². The highest BCUT2D eigenvalue weighted by atomic mass is 35.5. The lowest BCUT2D eigenvalue weighted by Gasteiger charge is -2.32. The van der Waals surface area contributed by atoms with E-state index in [9.17, 15) is 9.59 Å². The normalized spacial score (nSPS) is 27.3. The van der Waals surface area contributed by atoms with E-state index >= 15 is 0 Å². The molecular formula is C19H22Cl2O5. The molecule has 0 amide bonds. The minimum absolute atomic E-state index is 0.104. The van der Waals surface area contributed by atoms with E-state index in [0.717, 1.165) is 25.7 Å². The van der Waals surface area contributed by atoms with Crippen molar-refractivity contribution in [3.8, 4) is 0 Å². The Morgan fingerprint density at radius 1 is 1.35 bits per heavy atom. The van der Waals surface area contributed by atoms with Crippen LogP contribution in [0.4, 0.5) is 0 Å². The van der Waals surface area contributed by atoms with Crippen LogP contribution < -0.4 is 0 Å². The topological polar surface area (TPSA) is 61.8 Å². The minimum atomic E-state index is -1.03.